The maximum absolute atomic E-state index is 6.05. The molecule has 0 atom stereocenters. The fraction of sp³-hybridized carbons (Fsp3) is 0.222. The molecule has 24 heavy (non-hydrogen) atoms. The molecule has 0 amide bonds. The van der Waals surface area contributed by atoms with Gasteiger partial charge in [0.25, 0.3) is 0 Å². The van der Waals surface area contributed by atoms with Crippen LogP contribution in [-0.2, 0) is 13.1 Å². The number of benzene rings is 2. The Labute approximate surface area is 151 Å². The van der Waals surface area contributed by atoms with Crippen molar-refractivity contribution in [3.05, 3.63) is 69.5 Å². The predicted molar refractivity (Wildman–Crippen MR) is 96.1 cm³/mol. The average Bonchev–Trinajstić information content (AvgIpc) is 2.99. The zero-order chi connectivity index (χ0) is 17.1. The standard InChI is InChI=1S/C18H17Cl2N3O/c1-12-4-3-5-14(8-12)18-22-21-17(24-18)11-23(2)10-13-6-7-15(19)16(20)9-13/h3-9H,10-11H2,1-2H3. The Kier molecular flexibility index (Phi) is 5.19. The fourth-order valence-electron chi connectivity index (χ4n) is 2.45. The number of rotatable bonds is 5. The molecule has 3 aromatic rings. The van der Waals surface area contributed by atoms with E-state index < -0.39 is 0 Å². The van der Waals surface area contributed by atoms with Crippen LogP contribution in [0.2, 0.25) is 10.0 Å². The van der Waals surface area contributed by atoms with E-state index in [1.165, 1.54) is 0 Å². The van der Waals surface area contributed by atoms with Crippen LogP contribution in [0, 0.1) is 6.92 Å². The van der Waals surface area contributed by atoms with E-state index in [1.807, 2.05) is 50.4 Å². The van der Waals surface area contributed by atoms with Crippen molar-refractivity contribution < 1.29 is 4.42 Å². The maximum Gasteiger partial charge on any atom is 0.247 e. The molecule has 0 radical (unpaired) electrons. The summed E-state index contributed by atoms with van der Waals surface area (Å²) >= 11 is 12.0. The number of nitrogens with zero attached hydrogens (tertiary/aromatic N) is 3. The quantitative estimate of drug-likeness (QED) is 0.642. The first-order valence-electron chi connectivity index (χ1n) is 7.53. The lowest BCUT2D eigenvalue weighted by atomic mass is 10.1. The summed E-state index contributed by atoms with van der Waals surface area (Å²) in [6, 6.07) is 13.6. The number of halogens is 2. The largest absolute Gasteiger partial charge is 0.419 e. The van der Waals surface area contributed by atoms with Crippen LogP contribution in [0.3, 0.4) is 0 Å². The molecular formula is C18H17Cl2N3O. The van der Waals surface area contributed by atoms with Crippen LogP contribution in [-0.4, -0.2) is 22.1 Å². The Morgan fingerprint density at radius 3 is 2.58 bits per heavy atom. The van der Waals surface area contributed by atoms with Crippen molar-refractivity contribution >= 4 is 23.2 Å². The first-order chi connectivity index (χ1) is 11.5. The van der Waals surface area contributed by atoms with Crippen LogP contribution >= 0.6 is 23.2 Å². The third kappa shape index (κ3) is 4.15. The highest BCUT2D eigenvalue weighted by atomic mass is 35.5. The van der Waals surface area contributed by atoms with Crippen LogP contribution in [0.1, 0.15) is 17.0 Å². The van der Waals surface area contributed by atoms with Crippen molar-refractivity contribution in [2.75, 3.05) is 7.05 Å². The van der Waals surface area contributed by atoms with Gasteiger partial charge in [0.2, 0.25) is 11.8 Å². The molecule has 6 heteroatoms. The molecule has 4 nitrogen and oxygen atoms in total. The van der Waals surface area contributed by atoms with E-state index in [4.69, 9.17) is 27.6 Å². The van der Waals surface area contributed by atoms with Gasteiger partial charge in [0.15, 0.2) is 0 Å². The van der Waals surface area contributed by atoms with Gasteiger partial charge in [-0.3, -0.25) is 4.90 Å². The Hall–Kier alpha value is -1.88. The third-order valence-corrected chi connectivity index (χ3v) is 4.31. The third-order valence-electron chi connectivity index (χ3n) is 3.57. The minimum atomic E-state index is 0.539. The number of aryl methyl sites for hydroxylation is 1. The van der Waals surface area contributed by atoms with Crippen molar-refractivity contribution in [1.82, 2.24) is 15.1 Å². The lowest BCUT2D eigenvalue weighted by Crippen LogP contribution is -2.17. The van der Waals surface area contributed by atoms with Crippen LogP contribution in [0.15, 0.2) is 46.9 Å². The summed E-state index contributed by atoms with van der Waals surface area (Å²) in [5.74, 6) is 1.12. The molecule has 0 aliphatic carbocycles. The van der Waals surface area contributed by atoms with Gasteiger partial charge in [0.1, 0.15) is 0 Å². The lowest BCUT2D eigenvalue weighted by Gasteiger charge is -2.14. The highest BCUT2D eigenvalue weighted by Gasteiger charge is 2.11. The zero-order valence-electron chi connectivity index (χ0n) is 13.5. The topological polar surface area (TPSA) is 42.2 Å². The van der Waals surface area contributed by atoms with Gasteiger partial charge in [-0.2, -0.15) is 0 Å². The molecule has 2 aromatic carbocycles. The van der Waals surface area contributed by atoms with Gasteiger partial charge >= 0.3 is 0 Å². The van der Waals surface area contributed by atoms with Crippen molar-refractivity contribution in [2.45, 2.75) is 20.0 Å². The number of hydrogen-bond donors (Lipinski definition) is 0. The summed E-state index contributed by atoms with van der Waals surface area (Å²) in [6.45, 7) is 3.30. The lowest BCUT2D eigenvalue weighted by molar-refractivity contribution is 0.283. The second kappa shape index (κ2) is 7.34. The minimum absolute atomic E-state index is 0.539. The van der Waals surface area contributed by atoms with Crippen LogP contribution in [0.25, 0.3) is 11.5 Å². The van der Waals surface area contributed by atoms with Gasteiger partial charge < -0.3 is 4.42 Å². The average molecular weight is 362 g/mol. The van der Waals surface area contributed by atoms with E-state index >= 15 is 0 Å². The molecule has 0 aliphatic rings. The normalized spacial score (nSPS) is 11.2. The molecule has 1 heterocycles. The molecule has 0 saturated carbocycles. The summed E-state index contributed by atoms with van der Waals surface area (Å²) in [4.78, 5) is 2.08. The van der Waals surface area contributed by atoms with E-state index in [-0.39, 0.29) is 0 Å². The van der Waals surface area contributed by atoms with E-state index in [2.05, 4.69) is 15.1 Å². The van der Waals surface area contributed by atoms with Gasteiger partial charge in [-0.25, -0.2) is 0 Å². The SMILES string of the molecule is Cc1cccc(-c2nnc(CN(C)Cc3ccc(Cl)c(Cl)c3)o2)c1. The number of hydrogen-bond acceptors (Lipinski definition) is 4. The van der Waals surface area contributed by atoms with Gasteiger partial charge in [-0.05, 0) is 43.8 Å². The highest BCUT2D eigenvalue weighted by molar-refractivity contribution is 6.42. The van der Waals surface area contributed by atoms with Gasteiger partial charge in [0.05, 0.1) is 16.6 Å². The highest BCUT2D eigenvalue weighted by Crippen LogP contribution is 2.23. The van der Waals surface area contributed by atoms with Crippen LogP contribution in [0.4, 0.5) is 0 Å². The van der Waals surface area contributed by atoms with E-state index in [1.54, 1.807) is 6.07 Å². The Morgan fingerprint density at radius 2 is 1.83 bits per heavy atom. The maximum atomic E-state index is 6.05. The fourth-order valence-corrected chi connectivity index (χ4v) is 2.77. The second-order valence-corrected chi connectivity index (χ2v) is 6.61. The summed E-state index contributed by atoms with van der Waals surface area (Å²) in [6.07, 6.45) is 0. The summed E-state index contributed by atoms with van der Waals surface area (Å²) in [5, 5.41) is 9.38. The van der Waals surface area contributed by atoms with Crippen molar-refractivity contribution in [3.8, 4) is 11.5 Å². The molecule has 0 spiro atoms. The van der Waals surface area contributed by atoms with E-state index in [0.29, 0.717) is 34.9 Å². The van der Waals surface area contributed by atoms with Crippen molar-refractivity contribution in [1.29, 1.82) is 0 Å². The molecule has 1 aromatic heterocycles. The molecule has 124 valence electrons. The molecule has 0 bridgehead atoms. The minimum Gasteiger partial charge on any atom is -0.419 e. The first kappa shape index (κ1) is 17.0. The van der Waals surface area contributed by atoms with Crippen LogP contribution < -0.4 is 0 Å². The van der Waals surface area contributed by atoms with Crippen molar-refractivity contribution in [3.63, 3.8) is 0 Å². The van der Waals surface area contributed by atoms with Gasteiger partial charge in [-0.1, -0.05) is 47.0 Å². The zero-order valence-corrected chi connectivity index (χ0v) is 15.0. The van der Waals surface area contributed by atoms with Gasteiger partial charge in [0, 0.05) is 12.1 Å². The Morgan fingerprint density at radius 1 is 1.00 bits per heavy atom. The molecular weight excluding hydrogens is 345 g/mol. The predicted octanol–water partition coefficient (Wildman–Crippen LogP) is 4.98. The summed E-state index contributed by atoms with van der Waals surface area (Å²) in [7, 11) is 1.99. The van der Waals surface area contributed by atoms with E-state index in [9.17, 15) is 0 Å². The van der Waals surface area contributed by atoms with E-state index in [0.717, 1.165) is 16.7 Å². The van der Waals surface area contributed by atoms with Crippen molar-refractivity contribution in [2.24, 2.45) is 0 Å². The molecule has 0 N–H and O–H groups in total. The first-order valence-corrected chi connectivity index (χ1v) is 8.29. The monoisotopic (exact) mass is 361 g/mol. The summed E-state index contributed by atoms with van der Waals surface area (Å²) < 4.78 is 5.76. The Balaban J connectivity index is 1.66. The molecule has 0 fully saturated rings. The Bertz CT molecular complexity index is 848. The van der Waals surface area contributed by atoms with Gasteiger partial charge in [-0.15, -0.1) is 10.2 Å². The molecule has 3 rings (SSSR count). The number of aromatic nitrogens is 2. The van der Waals surface area contributed by atoms with Crippen LogP contribution in [0.5, 0.6) is 0 Å². The molecule has 0 saturated heterocycles. The smallest absolute Gasteiger partial charge is 0.247 e. The molecule has 0 aliphatic heterocycles. The summed E-state index contributed by atoms with van der Waals surface area (Å²) in [5.41, 5.74) is 3.16. The second-order valence-electron chi connectivity index (χ2n) is 5.79. The molecule has 0 unspecified atom stereocenters.